The summed E-state index contributed by atoms with van der Waals surface area (Å²) in [7, 11) is 6.64. The van der Waals surface area contributed by atoms with Crippen LogP contribution in [-0.2, 0) is 4.79 Å². The second kappa shape index (κ2) is 9.00. The minimum atomic E-state index is -0.693. The molecule has 1 N–H and O–H groups in total. The Morgan fingerprint density at radius 3 is 1.71 bits per heavy atom. The van der Waals surface area contributed by atoms with Gasteiger partial charge in [-0.1, -0.05) is 20.3 Å². The molecule has 0 saturated carbocycles. The van der Waals surface area contributed by atoms with E-state index in [4.69, 9.17) is 5.11 Å². The Morgan fingerprint density at radius 1 is 1.14 bits per heavy atom. The summed E-state index contributed by atoms with van der Waals surface area (Å²) in [6, 6.07) is 0. The highest BCUT2D eigenvalue weighted by atomic mass is 16.4. The molecule has 0 atom stereocenters. The molecule has 0 radical (unpaired) electrons. The smallest absolute Gasteiger partial charge is 0.303 e. The van der Waals surface area contributed by atoms with Crippen LogP contribution in [0.2, 0.25) is 0 Å². The van der Waals surface area contributed by atoms with E-state index in [1.165, 1.54) is 13.0 Å². The monoisotopic (exact) mass is 204 g/mol. The zero-order chi connectivity index (χ0) is 11.6. The van der Waals surface area contributed by atoms with Gasteiger partial charge in [0.05, 0.1) is 27.7 Å². The highest BCUT2D eigenvalue weighted by Crippen LogP contribution is 1.91. The lowest BCUT2D eigenvalue weighted by Crippen LogP contribution is -2.34. The van der Waals surface area contributed by atoms with Crippen molar-refractivity contribution in [3.05, 3.63) is 0 Å². The van der Waals surface area contributed by atoms with Crippen molar-refractivity contribution >= 4 is 5.97 Å². The van der Waals surface area contributed by atoms with Gasteiger partial charge in [-0.15, -0.1) is 0 Å². The van der Waals surface area contributed by atoms with Gasteiger partial charge in [-0.3, -0.25) is 4.79 Å². The van der Waals surface area contributed by atoms with Crippen LogP contribution in [0.4, 0.5) is 0 Å². The summed E-state index contributed by atoms with van der Waals surface area (Å²) in [4.78, 5) is 9.76. The lowest BCUT2D eigenvalue weighted by molar-refractivity contribution is -0.870. The van der Waals surface area contributed by atoms with Gasteiger partial charge in [0.1, 0.15) is 0 Å². The standard InChI is InChI=1S/C6H16N.C5H10O2/c1-5-6-7(2,3)4;1-2-3-4-5(6)7/h5-6H2,1-4H3;2-4H2,1H3,(H,6,7)/q+1;. The van der Waals surface area contributed by atoms with Crippen LogP contribution in [0.3, 0.4) is 0 Å². The quantitative estimate of drug-likeness (QED) is 0.698. The fourth-order valence-electron chi connectivity index (χ4n) is 0.999. The number of hydrogen-bond acceptors (Lipinski definition) is 1. The number of carbonyl (C=O) groups is 1. The molecule has 0 unspecified atom stereocenters. The minimum absolute atomic E-state index is 0.316. The number of unbranched alkanes of at least 4 members (excludes halogenated alkanes) is 1. The zero-order valence-electron chi connectivity index (χ0n) is 10.3. The largest absolute Gasteiger partial charge is 0.481 e. The van der Waals surface area contributed by atoms with E-state index >= 15 is 0 Å². The van der Waals surface area contributed by atoms with Crippen molar-refractivity contribution < 1.29 is 14.4 Å². The summed E-state index contributed by atoms with van der Waals surface area (Å²) in [5, 5.41) is 8.04. The Hall–Kier alpha value is -0.570. The van der Waals surface area contributed by atoms with Crippen molar-refractivity contribution in [2.75, 3.05) is 27.7 Å². The molecule has 0 aromatic carbocycles. The van der Waals surface area contributed by atoms with Crippen LogP contribution >= 0.6 is 0 Å². The maximum Gasteiger partial charge on any atom is 0.303 e. The molecular weight excluding hydrogens is 178 g/mol. The summed E-state index contributed by atoms with van der Waals surface area (Å²) in [5.41, 5.74) is 0. The number of carboxylic acid groups (broad SMARTS) is 1. The summed E-state index contributed by atoms with van der Waals surface area (Å²) < 4.78 is 1.09. The van der Waals surface area contributed by atoms with Crippen LogP contribution in [-0.4, -0.2) is 43.2 Å². The predicted molar refractivity (Wildman–Crippen MR) is 60.4 cm³/mol. The minimum Gasteiger partial charge on any atom is -0.481 e. The SMILES string of the molecule is CCCCC(=O)O.CCC[N+](C)(C)C. The Labute approximate surface area is 88.3 Å². The molecule has 0 spiro atoms. The molecule has 0 aromatic heterocycles. The third-order valence-corrected chi connectivity index (χ3v) is 1.64. The van der Waals surface area contributed by atoms with Crippen molar-refractivity contribution in [1.82, 2.24) is 0 Å². The second-order valence-corrected chi connectivity index (χ2v) is 4.51. The first-order valence-corrected chi connectivity index (χ1v) is 5.35. The molecule has 3 heteroatoms. The molecule has 0 rings (SSSR count). The molecule has 86 valence electrons. The lowest BCUT2D eigenvalue weighted by Gasteiger charge is -2.22. The van der Waals surface area contributed by atoms with Gasteiger partial charge in [-0.2, -0.15) is 0 Å². The van der Waals surface area contributed by atoms with E-state index in [2.05, 4.69) is 28.1 Å². The van der Waals surface area contributed by atoms with E-state index in [0.717, 1.165) is 17.3 Å². The van der Waals surface area contributed by atoms with Crippen molar-refractivity contribution in [2.24, 2.45) is 0 Å². The summed E-state index contributed by atoms with van der Waals surface area (Å²) in [6.45, 7) is 5.46. The molecule has 3 nitrogen and oxygen atoms in total. The molecule has 0 aliphatic rings. The molecule has 0 aromatic rings. The van der Waals surface area contributed by atoms with E-state index in [0.29, 0.717) is 6.42 Å². The Morgan fingerprint density at radius 2 is 1.64 bits per heavy atom. The van der Waals surface area contributed by atoms with Crippen LogP contribution in [0.1, 0.15) is 39.5 Å². The summed E-state index contributed by atoms with van der Waals surface area (Å²) in [6.07, 6.45) is 3.36. The van der Waals surface area contributed by atoms with E-state index in [1.807, 2.05) is 6.92 Å². The second-order valence-electron chi connectivity index (χ2n) is 4.51. The van der Waals surface area contributed by atoms with Crippen LogP contribution in [0.5, 0.6) is 0 Å². The Balaban J connectivity index is 0. The highest BCUT2D eigenvalue weighted by Gasteiger charge is 2.01. The molecule has 0 aliphatic carbocycles. The van der Waals surface area contributed by atoms with Crippen LogP contribution < -0.4 is 0 Å². The van der Waals surface area contributed by atoms with E-state index in [9.17, 15) is 4.79 Å². The van der Waals surface area contributed by atoms with Crippen LogP contribution in [0.15, 0.2) is 0 Å². The molecule has 0 saturated heterocycles. The topological polar surface area (TPSA) is 37.3 Å². The number of hydrogen-bond donors (Lipinski definition) is 1. The lowest BCUT2D eigenvalue weighted by atomic mass is 10.3. The number of carboxylic acids is 1. The van der Waals surface area contributed by atoms with Crippen molar-refractivity contribution in [1.29, 1.82) is 0 Å². The van der Waals surface area contributed by atoms with Gasteiger partial charge in [-0.25, -0.2) is 0 Å². The van der Waals surface area contributed by atoms with Gasteiger partial charge >= 0.3 is 5.97 Å². The average Bonchev–Trinajstić information content (AvgIpc) is 1.99. The van der Waals surface area contributed by atoms with Crippen LogP contribution in [0.25, 0.3) is 0 Å². The average molecular weight is 204 g/mol. The first kappa shape index (κ1) is 15.9. The Kier molecular flexibility index (Phi) is 10.2. The van der Waals surface area contributed by atoms with E-state index in [1.54, 1.807) is 0 Å². The fraction of sp³-hybridized carbons (Fsp3) is 0.909. The van der Waals surface area contributed by atoms with Gasteiger partial charge in [0.2, 0.25) is 0 Å². The normalized spacial score (nSPS) is 10.4. The van der Waals surface area contributed by atoms with Crippen molar-refractivity contribution in [3.8, 4) is 0 Å². The molecule has 0 aliphatic heterocycles. The Bertz CT molecular complexity index is 139. The van der Waals surface area contributed by atoms with E-state index < -0.39 is 5.97 Å². The third kappa shape index (κ3) is 22.5. The first-order valence-electron chi connectivity index (χ1n) is 5.35. The fourth-order valence-corrected chi connectivity index (χ4v) is 0.999. The van der Waals surface area contributed by atoms with Gasteiger partial charge < -0.3 is 9.59 Å². The van der Waals surface area contributed by atoms with Gasteiger partial charge in [0.25, 0.3) is 0 Å². The number of rotatable bonds is 5. The third-order valence-electron chi connectivity index (χ3n) is 1.64. The number of quaternary nitrogens is 1. The van der Waals surface area contributed by atoms with E-state index in [-0.39, 0.29) is 0 Å². The molecule has 0 fully saturated rings. The molecule has 0 bridgehead atoms. The zero-order valence-corrected chi connectivity index (χ0v) is 10.3. The predicted octanol–water partition coefficient (Wildman–Crippen LogP) is 2.36. The van der Waals surface area contributed by atoms with Gasteiger partial charge in [-0.05, 0) is 12.8 Å². The number of nitrogens with zero attached hydrogens (tertiary/aromatic N) is 1. The first-order chi connectivity index (χ1) is 6.33. The summed E-state index contributed by atoms with van der Waals surface area (Å²) >= 11 is 0. The molecule has 0 heterocycles. The van der Waals surface area contributed by atoms with Gasteiger partial charge in [0, 0.05) is 6.42 Å². The van der Waals surface area contributed by atoms with Crippen LogP contribution in [0, 0.1) is 0 Å². The summed E-state index contributed by atoms with van der Waals surface area (Å²) in [5.74, 6) is -0.693. The number of aliphatic carboxylic acids is 1. The van der Waals surface area contributed by atoms with Crippen molar-refractivity contribution in [2.45, 2.75) is 39.5 Å². The molecule has 14 heavy (non-hydrogen) atoms. The molecule has 0 amide bonds. The van der Waals surface area contributed by atoms with Crippen molar-refractivity contribution in [3.63, 3.8) is 0 Å². The maximum absolute atomic E-state index is 9.76. The molecular formula is C11H26NO2+. The highest BCUT2D eigenvalue weighted by molar-refractivity contribution is 5.66. The maximum atomic E-state index is 9.76. The van der Waals surface area contributed by atoms with Gasteiger partial charge in [0.15, 0.2) is 0 Å².